The van der Waals surface area contributed by atoms with Gasteiger partial charge in [0.25, 0.3) is 16.0 Å². The number of hydrogen-bond acceptors (Lipinski definition) is 7. The average Bonchev–Trinajstić information content (AvgIpc) is 2.86. The standard InChI is InChI=1S/C26H21Cl2N3O6S.Na/c1-3-37-22-11-16(27)8-9-21(22)29-26(33)19-10-15-6-4-5-7-18(15)24(25(19)32)31-30-17-12-20(28)14(2)23(13-17)38(34,35)36;/h4-13,32H,3H2,1-2H3,(H,29,33)(H,34,35,36);/q;+1/p-1. The third-order valence-electron chi connectivity index (χ3n) is 5.54. The van der Waals surface area contributed by atoms with E-state index in [1.54, 1.807) is 49.4 Å². The molecule has 0 saturated heterocycles. The summed E-state index contributed by atoms with van der Waals surface area (Å²) in [6, 6.07) is 15.3. The van der Waals surface area contributed by atoms with Gasteiger partial charge in [-0.1, -0.05) is 53.2 Å². The minimum Gasteiger partial charge on any atom is -0.870 e. The quantitative estimate of drug-likeness (QED) is 0.189. The molecular weight excluding hydrogens is 576 g/mol. The molecule has 0 fully saturated rings. The number of benzene rings is 4. The smallest absolute Gasteiger partial charge is 0.870 e. The Balaban J connectivity index is 0.00000420. The Hall–Kier alpha value is -2.70. The third-order valence-corrected chi connectivity index (χ3v) is 7.14. The van der Waals surface area contributed by atoms with Crippen LogP contribution in [0.2, 0.25) is 10.0 Å². The molecule has 0 bridgehead atoms. The zero-order chi connectivity index (χ0) is 27.6. The van der Waals surface area contributed by atoms with E-state index in [-0.39, 0.29) is 57.1 Å². The fourth-order valence-corrected chi connectivity index (χ4v) is 4.91. The predicted octanol–water partition coefficient (Wildman–Crippen LogP) is 3.85. The minimum absolute atomic E-state index is 0. The first-order chi connectivity index (χ1) is 18.0. The van der Waals surface area contributed by atoms with Gasteiger partial charge in [0.1, 0.15) is 10.6 Å². The van der Waals surface area contributed by atoms with Crippen molar-refractivity contribution < 1.29 is 57.2 Å². The molecule has 0 atom stereocenters. The van der Waals surface area contributed by atoms with E-state index in [0.717, 1.165) is 6.07 Å². The van der Waals surface area contributed by atoms with E-state index < -0.39 is 26.7 Å². The van der Waals surface area contributed by atoms with Gasteiger partial charge in [-0.3, -0.25) is 9.35 Å². The maximum Gasteiger partial charge on any atom is 1.00 e. The molecule has 0 spiro atoms. The largest absolute Gasteiger partial charge is 1.00 e. The number of carbonyl (C=O) groups is 1. The number of azo groups is 1. The molecule has 0 aliphatic heterocycles. The van der Waals surface area contributed by atoms with Crippen molar-refractivity contribution in [2.75, 3.05) is 11.9 Å². The molecule has 4 rings (SSSR count). The fourth-order valence-electron chi connectivity index (χ4n) is 3.71. The van der Waals surface area contributed by atoms with Gasteiger partial charge in [0.15, 0.2) is 0 Å². The van der Waals surface area contributed by atoms with Crippen molar-refractivity contribution >= 4 is 67.1 Å². The number of amides is 1. The predicted molar refractivity (Wildman–Crippen MR) is 144 cm³/mol. The molecule has 39 heavy (non-hydrogen) atoms. The summed E-state index contributed by atoms with van der Waals surface area (Å²) < 4.78 is 38.5. The topological polar surface area (TPSA) is 140 Å². The molecule has 4 aromatic rings. The van der Waals surface area contributed by atoms with Crippen molar-refractivity contribution in [1.82, 2.24) is 0 Å². The number of ether oxygens (including phenoxy) is 1. The summed E-state index contributed by atoms with van der Waals surface area (Å²) in [5, 5.41) is 25.6. The van der Waals surface area contributed by atoms with Crippen molar-refractivity contribution in [3.05, 3.63) is 81.8 Å². The molecule has 1 amide bonds. The number of nitrogens with one attached hydrogen (secondary N) is 1. The molecule has 2 N–H and O–H groups in total. The molecule has 0 aliphatic carbocycles. The van der Waals surface area contributed by atoms with E-state index in [2.05, 4.69) is 15.5 Å². The van der Waals surface area contributed by atoms with Crippen molar-refractivity contribution in [3.8, 4) is 11.5 Å². The van der Waals surface area contributed by atoms with Gasteiger partial charge in [0.05, 0.1) is 23.7 Å². The normalized spacial score (nSPS) is 11.4. The van der Waals surface area contributed by atoms with Crippen LogP contribution < -0.4 is 44.7 Å². The Bertz CT molecular complexity index is 1710. The molecule has 4 aromatic carbocycles. The molecule has 9 nitrogen and oxygen atoms in total. The molecule has 13 heteroatoms. The number of hydrogen-bond donors (Lipinski definition) is 2. The second-order valence-electron chi connectivity index (χ2n) is 8.08. The zero-order valence-electron chi connectivity index (χ0n) is 21.0. The molecule has 0 aromatic heterocycles. The van der Waals surface area contributed by atoms with Crippen LogP contribution in [-0.4, -0.2) is 25.5 Å². The van der Waals surface area contributed by atoms with Gasteiger partial charge in [-0.2, -0.15) is 18.6 Å². The molecule has 0 saturated carbocycles. The monoisotopic (exact) mass is 595 g/mol. The summed E-state index contributed by atoms with van der Waals surface area (Å²) >= 11 is 12.1. The number of nitrogens with zero attached hydrogens (tertiary/aromatic N) is 2. The van der Waals surface area contributed by atoms with Crippen LogP contribution in [0, 0.1) is 6.92 Å². The SMILES string of the molecule is CCOc1cc(Cl)ccc1NC(=O)c1cc2ccccc2c(N=Nc2cc(Cl)c(C)c(S(=O)(=O)O)c2)c1[O-].[Na+]. The third kappa shape index (κ3) is 6.90. The van der Waals surface area contributed by atoms with Crippen LogP contribution in [-0.2, 0) is 10.1 Å². The van der Waals surface area contributed by atoms with Gasteiger partial charge in [-0.15, -0.1) is 0 Å². The molecule has 196 valence electrons. The molecule has 0 heterocycles. The van der Waals surface area contributed by atoms with E-state index >= 15 is 0 Å². The van der Waals surface area contributed by atoms with Crippen molar-refractivity contribution in [2.24, 2.45) is 10.2 Å². The fraction of sp³-hybridized carbons (Fsp3) is 0.115. The van der Waals surface area contributed by atoms with Crippen molar-refractivity contribution in [1.29, 1.82) is 0 Å². The molecule has 0 aliphatic rings. The Morgan fingerprint density at radius 3 is 2.49 bits per heavy atom. The Morgan fingerprint density at radius 1 is 1.08 bits per heavy atom. The van der Waals surface area contributed by atoms with Crippen LogP contribution >= 0.6 is 23.2 Å². The van der Waals surface area contributed by atoms with Gasteiger partial charge >= 0.3 is 29.6 Å². The van der Waals surface area contributed by atoms with Gasteiger partial charge < -0.3 is 15.2 Å². The molecular formula is C26H20Cl2N3NaO6S. The van der Waals surface area contributed by atoms with Crippen molar-refractivity contribution in [3.63, 3.8) is 0 Å². The first kappa shape index (κ1) is 30.8. The van der Waals surface area contributed by atoms with E-state index in [1.165, 1.54) is 19.1 Å². The van der Waals surface area contributed by atoms with E-state index in [9.17, 15) is 22.9 Å². The molecule has 0 radical (unpaired) electrons. The maximum atomic E-state index is 13.4. The van der Waals surface area contributed by atoms with Crippen LogP contribution in [0.3, 0.4) is 0 Å². The number of halogens is 2. The van der Waals surface area contributed by atoms with Gasteiger partial charge in [-0.05, 0) is 55.1 Å². The number of fused-ring (bicyclic) bond motifs is 1. The first-order valence-corrected chi connectivity index (χ1v) is 13.3. The van der Waals surface area contributed by atoms with Crippen LogP contribution in [0.1, 0.15) is 22.8 Å². The average molecular weight is 596 g/mol. The molecule has 0 unspecified atom stereocenters. The Morgan fingerprint density at radius 2 is 1.79 bits per heavy atom. The van der Waals surface area contributed by atoms with Gasteiger partial charge in [-0.25, -0.2) is 0 Å². The first-order valence-electron chi connectivity index (χ1n) is 11.2. The van der Waals surface area contributed by atoms with Crippen LogP contribution in [0.15, 0.2) is 75.8 Å². The summed E-state index contributed by atoms with van der Waals surface area (Å²) in [4.78, 5) is 12.8. The number of anilines is 1. The van der Waals surface area contributed by atoms with Gasteiger partial charge in [0, 0.05) is 27.1 Å². The second kappa shape index (κ2) is 12.6. The second-order valence-corrected chi connectivity index (χ2v) is 10.3. The maximum absolute atomic E-state index is 13.4. The Labute approximate surface area is 256 Å². The number of carbonyl (C=O) groups excluding carboxylic acids is 1. The van der Waals surface area contributed by atoms with E-state index in [4.69, 9.17) is 27.9 Å². The van der Waals surface area contributed by atoms with E-state index in [1.807, 2.05) is 0 Å². The summed E-state index contributed by atoms with van der Waals surface area (Å²) in [6.07, 6.45) is 0. The van der Waals surface area contributed by atoms with Crippen LogP contribution in [0.25, 0.3) is 10.8 Å². The van der Waals surface area contributed by atoms with Crippen LogP contribution in [0.4, 0.5) is 17.1 Å². The number of rotatable bonds is 7. The Kier molecular flexibility index (Phi) is 10.0. The summed E-state index contributed by atoms with van der Waals surface area (Å²) in [6.45, 7) is 3.54. The summed E-state index contributed by atoms with van der Waals surface area (Å²) in [7, 11) is -4.58. The van der Waals surface area contributed by atoms with E-state index in [0.29, 0.717) is 33.8 Å². The minimum atomic E-state index is -4.58. The van der Waals surface area contributed by atoms with Crippen LogP contribution in [0.5, 0.6) is 11.5 Å². The summed E-state index contributed by atoms with van der Waals surface area (Å²) in [5.74, 6) is -1.06. The van der Waals surface area contributed by atoms with Crippen molar-refractivity contribution in [2.45, 2.75) is 18.7 Å². The summed E-state index contributed by atoms with van der Waals surface area (Å²) in [5.41, 5.74) is 0.101. The van der Waals surface area contributed by atoms with Gasteiger partial charge in [0.2, 0.25) is 0 Å². The zero-order valence-corrected chi connectivity index (χ0v) is 25.4.